The summed E-state index contributed by atoms with van der Waals surface area (Å²) in [5, 5.41) is 0. The first-order valence-electron chi connectivity index (χ1n) is 3.73. The Hall–Kier alpha value is 0.907. The van der Waals surface area contributed by atoms with Gasteiger partial charge in [0.25, 0.3) is 0 Å². The van der Waals surface area contributed by atoms with Gasteiger partial charge in [-0.2, -0.15) is 0 Å². The minimum Gasteiger partial charge on any atom is -0.423 e. The van der Waals surface area contributed by atoms with Crippen LogP contribution in [0, 0.1) is 0 Å². The van der Waals surface area contributed by atoms with Gasteiger partial charge < -0.3 is 4.43 Å². The lowest BCUT2D eigenvalue weighted by molar-refractivity contribution is 0.110. The van der Waals surface area contributed by atoms with E-state index >= 15 is 0 Å². The first-order chi connectivity index (χ1) is 4.62. The lowest BCUT2D eigenvalue weighted by Crippen LogP contribution is -2.22. The SMILES string of the molecule is CC(C)(CCCCI)O[SiH3]. The molecule has 0 aromatic carbocycles. The van der Waals surface area contributed by atoms with Gasteiger partial charge in [-0.3, -0.25) is 0 Å². The minimum atomic E-state index is 0.151. The normalized spacial score (nSPS) is 12.3. The highest BCUT2D eigenvalue weighted by atomic mass is 127. The predicted octanol–water partition coefficient (Wildman–Crippen LogP) is 1.67. The Morgan fingerprint density at radius 1 is 1.40 bits per heavy atom. The molecule has 0 saturated carbocycles. The van der Waals surface area contributed by atoms with Crippen LogP contribution in [-0.4, -0.2) is 20.5 Å². The number of alkyl halides is 1. The van der Waals surface area contributed by atoms with Crippen molar-refractivity contribution in [2.75, 3.05) is 4.43 Å². The molecule has 0 atom stereocenters. The van der Waals surface area contributed by atoms with Crippen LogP contribution in [0.2, 0.25) is 0 Å². The maximum Gasteiger partial charge on any atom is 0.146 e. The van der Waals surface area contributed by atoms with E-state index in [9.17, 15) is 0 Å². The average Bonchev–Trinajstić information content (AvgIpc) is 1.89. The van der Waals surface area contributed by atoms with Crippen LogP contribution in [-0.2, 0) is 4.43 Å². The van der Waals surface area contributed by atoms with Crippen molar-refractivity contribution in [2.45, 2.75) is 38.7 Å². The summed E-state index contributed by atoms with van der Waals surface area (Å²) in [5.41, 5.74) is 0.151. The smallest absolute Gasteiger partial charge is 0.146 e. The topological polar surface area (TPSA) is 9.23 Å². The van der Waals surface area contributed by atoms with E-state index in [0.29, 0.717) is 0 Å². The second kappa shape index (κ2) is 5.54. The standard InChI is InChI=1S/C7H17IOSi/c1-7(2,9-10)5-3-4-6-8/h3-6H2,1-2,10H3. The van der Waals surface area contributed by atoms with Gasteiger partial charge >= 0.3 is 0 Å². The van der Waals surface area contributed by atoms with E-state index in [1.165, 1.54) is 23.7 Å². The third-order valence-electron chi connectivity index (χ3n) is 1.72. The fourth-order valence-electron chi connectivity index (χ4n) is 0.747. The summed E-state index contributed by atoms with van der Waals surface area (Å²) in [6.45, 7) is 4.35. The van der Waals surface area contributed by atoms with Crippen molar-refractivity contribution in [1.29, 1.82) is 0 Å². The molecule has 0 aliphatic heterocycles. The van der Waals surface area contributed by atoms with Crippen molar-refractivity contribution in [3.8, 4) is 0 Å². The summed E-state index contributed by atoms with van der Waals surface area (Å²) in [6, 6.07) is 0. The molecule has 0 heterocycles. The number of unbranched alkanes of at least 4 members (excludes halogenated alkanes) is 1. The summed E-state index contributed by atoms with van der Waals surface area (Å²) in [4.78, 5) is 0. The zero-order valence-corrected chi connectivity index (χ0v) is 11.3. The zero-order chi connectivity index (χ0) is 8.04. The molecule has 0 aromatic heterocycles. The molecule has 0 bridgehead atoms. The fraction of sp³-hybridized carbons (Fsp3) is 1.00. The average molecular weight is 272 g/mol. The van der Waals surface area contributed by atoms with Crippen LogP contribution in [0.3, 0.4) is 0 Å². The van der Waals surface area contributed by atoms with Crippen LogP contribution >= 0.6 is 22.6 Å². The Bertz CT molecular complexity index is 85.7. The second-order valence-electron chi connectivity index (χ2n) is 3.11. The molecule has 0 saturated heterocycles. The van der Waals surface area contributed by atoms with E-state index < -0.39 is 0 Å². The van der Waals surface area contributed by atoms with Crippen LogP contribution in [0.25, 0.3) is 0 Å². The lowest BCUT2D eigenvalue weighted by Gasteiger charge is -2.23. The molecule has 1 nitrogen and oxygen atoms in total. The molecule has 0 aromatic rings. The fourth-order valence-corrected chi connectivity index (χ4v) is 1.49. The van der Waals surface area contributed by atoms with Gasteiger partial charge in [0.15, 0.2) is 0 Å². The Morgan fingerprint density at radius 2 is 2.00 bits per heavy atom. The molecular formula is C7H17IOSi. The van der Waals surface area contributed by atoms with E-state index in [1.54, 1.807) is 0 Å². The van der Waals surface area contributed by atoms with E-state index in [1.807, 2.05) is 0 Å². The van der Waals surface area contributed by atoms with Crippen LogP contribution < -0.4 is 0 Å². The van der Waals surface area contributed by atoms with Gasteiger partial charge in [0, 0.05) is 5.60 Å². The van der Waals surface area contributed by atoms with Crippen molar-refractivity contribution in [3.05, 3.63) is 0 Å². The molecule has 0 radical (unpaired) electrons. The molecule has 10 heavy (non-hydrogen) atoms. The summed E-state index contributed by atoms with van der Waals surface area (Å²) in [6.07, 6.45) is 3.84. The third kappa shape index (κ3) is 5.67. The van der Waals surface area contributed by atoms with Crippen LogP contribution in [0.4, 0.5) is 0 Å². The Morgan fingerprint density at radius 3 is 2.40 bits per heavy atom. The first-order valence-corrected chi connectivity index (χ1v) is 6.08. The molecule has 0 spiro atoms. The Kier molecular flexibility index (Phi) is 6.05. The second-order valence-corrected chi connectivity index (χ2v) is 4.60. The molecular weight excluding hydrogens is 255 g/mol. The molecule has 3 heteroatoms. The summed E-state index contributed by atoms with van der Waals surface area (Å²) in [5.74, 6) is 0. The van der Waals surface area contributed by atoms with Crippen molar-refractivity contribution in [2.24, 2.45) is 0 Å². The van der Waals surface area contributed by atoms with Crippen molar-refractivity contribution >= 4 is 33.1 Å². The van der Waals surface area contributed by atoms with Crippen molar-refractivity contribution in [1.82, 2.24) is 0 Å². The predicted molar refractivity (Wildman–Crippen MR) is 57.8 cm³/mol. The quantitative estimate of drug-likeness (QED) is 0.320. The zero-order valence-electron chi connectivity index (χ0n) is 7.11. The van der Waals surface area contributed by atoms with Crippen molar-refractivity contribution in [3.63, 3.8) is 0 Å². The van der Waals surface area contributed by atoms with Gasteiger partial charge in [-0.1, -0.05) is 22.6 Å². The van der Waals surface area contributed by atoms with Gasteiger partial charge in [-0.15, -0.1) is 0 Å². The molecule has 0 unspecified atom stereocenters. The molecule has 0 amide bonds. The highest BCUT2D eigenvalue weighted by Crippen LogP contribution is 2.16. The molecule has 0 N–H and O–H groups in total. The Labute approximate surface area is 80.6 Å². The molecule has 0 fully saturated rings. The van der Waals surface area contributed by atoms with Crippen molar-refractivity contribution < 1.29 is 4.43 Å². The van der Waals surface area contributed by atoms with E-state index in [4.69, 9.17) is 4.43 Å². The largest absolute Gasteiger partial charge is 0.423 e. The van der Waals surface area contributed by atoms with E-state index in [2.05, 4.69) is 36.4 Å². The molecule has 62 valence electrons. The minimum absolute atomic E-state index is 0.151. The summed E-state index contributed by atoms with van der Waals surface area (Å²) < 4.78 is 6.69. The van der Waals surface area contributed by atoms with Gasteiger partial charge in [0.05, 0.1) is 0 Å². The van der Waals surface area contributed by atoms with E-state index in [-0.39, 0.29) is 5.60 Å². The third-order valence-corrected chi connectivity index (χ3v) is 3.58. The number of rotatable bonds is 5. The van der Waals surface area contributed by atoms with Crippen LogP contribution in [0.1, 0.15) is 33.1 Å². The number of hydrogen-bond acceptors (Lipinski definition) is 1. The van der Waals surface area contributed by atoms with Gasteiger partial charge in [0.2, 0.25) is 0 Å². The molecule has 0 rings (SSSR count). The highest BCUT2D eigenvalue weighted by Gasteiger charge is 2.13. The monoisotopic (exact) mass is 272 g/mol. The van der Waals surface area contributed by atoms with Crippen LogP contribution in [0.5, 0.6) is 0 Å². The number of halogens is 1. The van der Waals surface area contributed by atoms with Gasteiger partial charge in [-0.25, -0.2) is 0 Å². The van der Waals surface area contributed by atoms with Gasteiger partial charge in [-0.05, 0) is 37.5 Å². The lowest BCUT2D eigenvalue weighted by atomic mass is 10.0. The maximum absolute atomic E-state index is 5.42. The first kappa shape index (κ1) is 10.9. The highest BCUT2D eigenvalue weighted by molar-refractivity contribution is 14.1. The summed E-state index contributed by atoms with van der Waals surface area (Å²) >= 11 is 2.42. The molecule has 0 aliphatic carbocycles. The van der Waals surface area contributed by atoms with E-state index in [0.717, 1.165) is 10.5 Å². The Balaban J connectivity index is 3.28. The molecule has 0 aliphatic rings. The van der Waals surface area contributed by atoms with Gasteiger partial charge in [0.1, 0.15) is 10.5 Å². The summed E-state index contributed by atoms with van der Waals surface area (Å²) in [7, 11) is 0.864. The van der Waals surface area contributed by atoms with Crippen LogP contribution in [0.15, 0.2) is 0 Å². The maximum atomic E-state index is 5.42. The number of hydrogen-bond donors (Lipinski definition) is 0.